The molecule has 0 atom stereocenters. The van der Waals surface area contributed by atoms with Gasteiger partial charge >= 0.3 is 5.97 Å². The number of halogens is 1. The number of nitrogens with zero attached hydrogens (tertiary/aromatic N) is 2. The first-order valence-electron chi connectivity index (χ1n) is 7.62. The zero-order chi connectivity index (χ0) is 18.1. The average molecular weight is 361 g/mol. The Morgan fingerprint density at radius 3 is 2.84 bits per heavy atom. The van der Waals surface area contributed by atoms with Crippen LogP contribution < -0.4 is 5.32 Å². The predicted molar refractivity (Wildman–Crippen MR) is 93.6 cm³/mol. The standard InChI is InChI=1S/C17H16FN3O3S/c1-4-24-16(23)14-9(2)19-17(25-14)20-15(22)13-8-10-11(18)6-5-7-12(10)21(13)3/h5-8H,4H2,1-3H3,(H,19,20,22). The van der Waals surface area contributed by atoms with Crippen LogP contribution in [-0.4, -0.2) is 28.0 Å². The van der Waals surface area contributed by atoms with Crippen molar-refractivity contribution in [2.45, 2.75) is 13.8 Å². The molecule has 0 bridgehead atoms. The van der Waals surface area contributed by atoms with Crippen LogP contribution in [0.5, 0.6) is 0 Å². The Balaban J connectivity index is 1.88. The Kier molecular flexibility index (Phi) is 4.54. The number of carbonyl (C=O) groups is 2. The lowest BCUT2D eigenvalue weighted by Gasteiger charge is -2.03. The topological polar surface area (TPSA) is 73.2 Å². The molecule has 0 aliphatic rings. The molecule has 0 fully saturated rings. The highest BCUT2D eigenvalue weighted by Gasteiger charge is 2.20. The van der Waals surface area contributed by atoms with Crippen LogP contribution in [0.25, 0.3) is 10.9 Å². The molecule has 6 nitrogen and oxygen atoms in total. The van der Waals surface area contributed by atoms with Crippen molar-refractivity contribution in [1.29, 1.82) is 0 Å². The van der Waals surface area contributed by atoms with Crippen molar-refractivity contribution < 1.29 is 18.7 Å². The first-order chi connectivity index (χ1) is 11.9. The average Bonchev–Trinajstić information content (AvgIpc) is 3.09. The minimum atomic E-state index is -0.468. The van der Waals surface area contributed by atoms with E-state index in [0.29, 0.717) is 27.2 Å². The second kappa shape index (κ2) is 6.64. The van der Waals surface area contributed by atoms with Crippen LogP contribution in [0.15, 0.2) is 24.3 Å². The normalized spacial score (nSPS) is 10.9. The summed E-state index contributed by atoms with van der Waals surface area (Å²) < 4.78 is 20.4. The summed E-state index contributed by atoms with van der Waals surface area (Å²) in [6.07, 6.45) is 0. The maximum Gasteiger partial charge on any atom is 0.350 e. The van der Waals surface area contributed by atoms with Gasteiger partial charge in [-0.1, -0.05) is 17.4 Å². The quantitative estimate of drug-likeness (QED) is 0.722. The summed E-state index contributed by atoms with van der Waals surface area (Å²) in [6, 6.07) is 6.17. The Morgan fingerprint density at radius 2 is 2.16 bits per heavy atom. The van der Waals surface area contributed by atoms with E-state index in [0.717, 1.165) is 11.3 Å². The molecule has 0 radical (unpaired) electrons. The number of fused-ring (bicyclic) bond motifs is 1. The largest absolute Gasteiger partial charge is 0.462 e. The number of esters is 1. The number of nitrogens with one attached hydrogen (secondary N) is 1. The number of hydrogen-bond acceptors (Lipinski definition) is 5. The van der Waals surface area contributed by atoms with Gasteiger partial charge in [0.2, 0.25) is 0 Å². The number of amides is 1. The molecule has 1 aromatic carbocycles. The van der Waals surface area contributed by atoms with Gasteiger partial charge in [-0.25, -0.2) is 14.2 Å². The second-order valence-corrected chi connectivity index (χ2v) is 6.37. The van der Waals surface area contributed by atoms with Crippen molar-refractivity contribution in [2.24, 2.45) is 7.05 Å². The van der Waals surface area contributed by atoms with Gasteiger partial charge in [-0.3, -0.25) is 10.1 Å². The van der Waals surface area contributed by atoms with E-state index in [1.807, 2.05) is 0 Å². The fourth-order valence-corrected chi connectivity index (χ4v) is 3.39. The van der Waals surface area contributed by atoms with E-state index in [9.17, 15) is 14.0 Å². The number of hydrogen-bond donors (Lipinski definition) is 1. The van der Waals surface area contributed by atoms with Crippen molar-refractivity contribution in [2.75, 3.05) is 11.9 Å². The lowest BCUT2D eigenvalue weighted by molar-refractivity contribution is 0.0531. The first kappa shape index (κ1) is 17.1. The Morgan fingerprint density at radius 1 is 1.40 bits per heavy atom. The first-order valence-corrected chi connectivity index (χ1v) is 8.43. The van der Waals surface area contributed by atoms with Gasteiger partial charge < -0.3 is 9.30 Å². The molecule has 130 valence electrons. The second-order valence-electron chi connectivity index (χ2n) is 5.37. The van der Waals surface area contributed by atoms with Crippen LogP contribution in [0, 0.1) is 12.7 Å². The van der Waals surface area contributed by atoms with Crippen LogP contribution in [0.1, 0.15) is 32.8 Å². The summed E-state index contributed by atoms with van der Waals surface area (Å²) in [5.74, 6) is -1.28. The van der Waals surface area contributed by atoms with Crippen molar-refractivity contribution in [3.63, 3.8) is 0 Å². The van der Waals surface area contributed by atoms with E-state index in [1.165, 1.54) is 12.1 Å². The van der Waals surface area contributed by atoms with Gasteiger partial charge in [0, 0.05) is 12.4 Å². The highest BCUT2D eigenvalue weighted by Crippen LogP contribution is 2.26. The zero-order valence-electron chi connectivity index (χ0n) is 13.9. The van der Waals surface area contributed by atoms with E-state index in [1.54, 1.807) is 37.6 Å². The number of aromatic nitrogens is 2. The predicted octanol–water partition coefficient (Wildman–Crippen LogP) is 3.51. The summed E-state index contributed by atoms with van der Waals surface area (Å²) in [6.45, 7) is 3.65. The highest BCUT2D eigenvalue weighted by atomic mass is 32.1. The van der Waals surface area contributed by atoms with Crippen LogP contribution in [0.2, 0.25) is 0 Å². The molecule has 0 saturated heterocycles. The molecule has 0 aliphatic heterocycles. The molecule has 2 aromatic heterocycles. The highest BCUT2D eigenvalue weighted by molar-refractivity contribution is 7.17. The van der Waals surface area contributed by atoms with Gasteiger partial charge in [-0.2, -0.15) is 0 Å². The van der Waals surface area contributed by atoms with Gasteiger partial charge in [0.25, 0.3) is 5.91 Å². The number of carbonyl (C=O) groups excluding carboxylic acids is 2. The van der Waals surface area contributed by atoms with Gasteiger partial charge in [0.15, 0.2) is 5.13 Å². The molecule has 0 aliphatic carbocycles. The van der Waals surface area contributed by atoms with Gasteiger partial charge in [0.1, 0.15) is 16.4 Å². The third kappa shape index (κ3) is 3.12. The van der Waals surface area contributed by atoms with E-state index >= 15 is 0 Å². The van der Waals surface area contributed by atoms with Gasteiger partial charge in [-0.15, -0.1) is 0 Å². The minimum Gasteiger partial charge on any atom is -0.462 e. The van der Waals surface area contributed by atoms with E-state index in [-0.39, 0.29) is 17.6 Å². The zero-order valence-corrected chi connectivity index (χ0v) is 14.7. The third-order valence-electron chi connectivity index (χ3n) is 3.74. The summed E-state index contributed by atoms with van der Waals surface area (Å²) in [5.41, 5.74) is 1.40. The number of ether oxygens (including phenoxy) is 1. The molecule has 3 aromatic rings. The Hall–Kier alpha value is -2.74. The summed E-state index contributed by atoms with van der Waals surface area (Å²) >= 11 is 1.05. The van der Waals surface area contributed by atoms with Crippen molar-refractivity contribution in [3.8, 4) is 0 Å². The Bertz CT molecular complexity index is 977. The van der Waals surface area contributed by atoms with Crippen molar-refractivity contribution in [1.82, 2.24) is 9.55 Å². The van der Waals surface area contributed by atoms with Gasteiger partial charge in [0.05, 0.1) is 17.8 Å². The van der Waals surface area contributed by atoms with Crippen LogP contribution in [-0.2, 0) is 11.8 Å². The maximum atomic E-state index is 13.9. The minimum absolute atomic E-state index is 0.263. The molecule has 1 amide bonds. The Labute approximate surface area is 147 Å². The molecule has 0 spiro atoms. The number of rotatable bonds is 4. The maximum absolute atomic E-state index is 13.9. The molecule has 25 heavy (non-hydrogen) atoms. The van der Waals surface area contributed by atoms with Gasteiger partial charge in [-0.05, 0) is 32.0 Å². The molecular weight excluding hydrogens is 345 g/mol. The number of aryl methyl sites for hydroxylation is 2. The summed E-state index contributed by atoms with van der Waals surface area (Å²) in [7, 11) is 1.69. The summed E-state index contributed by atoms with van der Waals surface area (Å²) in [4.78, 5) is 28.9. The fraction of sp³-hybridized carbons (Fsp3) is 0.235. The van der Waals surface area contributed by atoms with Crippen LogP contribution in [0.3, 0.4) is 0 Å². The van der Waals surface area contributed by atoms with E-state index in [2.05, 4.69) is 10.3 Å². The molecule has 1 N–H and O–H groups in total. The lowest BCUT2D eigenvalue weighted by Crippen LogP contribution is -2.15. The van der Waals surface area contributed by atoms with Crippen LogP contribution in [0.4, 0.5) is 9.52 Å². The molecule has 3 rings (SSSR count). The van der Waals surface area contributed by atoms with Crippen LogP contribution >= 0.6 is 11.3 Å². The fourth-order valence-electron chi connectivity index (χ4n) is 2.54. The third-order valence-corrected chi connectivity index (χ3v) is 4.80. The summed E-state index contributed by atoms with van der Waals surface area (Å²) in [5, 5.41) is 3.32. The molecule has 2 heterocycles. The number of anilines is 1. The van der Waals surface area contributed by atoms with Crippen molar-refractivity contribution in [3.05, 3.63) is 46.3 Å². The lowest BCUT2D eigenvalue weighted by atomic mass is 10.2. The smallest absolute Gasteiger partial charge is 0.350 e. The molecule has 0 unspecified atom stereocenters. The SMILES string of the molecule is CCOC(=O)c1sc(NC(=O)c2cc3c(F)cccc3n2C)nc1C. The molecular formula is C17H16FN3O3S. The molecule has 8 heteroatoms. The monoisotopic (exact) mass is 361 g/mol. The van der Waals surface area contributed by atoms with Crippen molar-refractivity contribution >= 4 is 39.2 Å². The molecule has 0 saturated carbocycles. The van der Waals surface area contributed by atoms with E-state index < -0.39 is 11.9 Å². The number of benzene rings is 1. The number of thiazole rings is 1. The van der Waals surface area contributed by atoms with E-state index in [4.69, 9.17) is 4.74 Å².